The molecule has 0 aromatic carbocycles. The summed E-state index contributed by atoms with van der Waals surface area (Å²) in [6.07, 6.45) is -7.60. The average Bonchev–Trinajstić information content (AvgIpc) is 2.35. The van der Waals surface area contributed by atoms with E-state index in [1.54, 1.807) is 0 Å². The molecule has 132 valence electrons. The summed E-state index contributed by atoms with van der Waals surface area (Å²) in [5.41, 5.74) is -2.97. The van der Waals surface area contributed by atoms with Crippen LogP contribution >= 0.6 is 0 Å². The first-order valence-corrected chi connectivity index (χ1v) is 5.36. The normalized spacial score (nSPS) is 10.7. The third-order valence-corrected chi connectivity index (χ3v) is 2.04. The molecule has 0 heterocycles. The summed E-state index contributed by atoms with van der Waals surface area (Å²) in [7, 11) is 0. The van der Waals surface area contributed by atoms with Crippen molar-refractivity contribution in [1.82, 2.24) is 0 Å². The summed E-state index contributed by atoms with van der Waals surface area (Å²) >= 11 is 0. The smallest absolute Gasteiger partial charge is 0.550 e. The van der Waals surface area contributed by atoms with Gasteiger partial charge in [-0.3, -0.25) is 0 Å². The second kappa shape index (κ2) is 23.9. The van der Waals surface area contributed by atoms with Crippen molar-refractivity contribution in [3.05, 3.63) is 0 Å². The average molecular weight is 452 g/mol. The zero-order valence-electron chi connectivity index (χ0n) is 16.0. The van der Waals surface area contributed by atoms with Crippen LogP contribution < -0.4 is 173 Å². The quantitative estimate of drug-likeness (QED) is 0.289. The Morgan fingerprint density at radius 3 is 0.964 bits per heavy atom. The summed E-state index contributed by atoms with van der Waals surface area (Å²) in [6.45, 7) is 0. The molecule has 0 saturated heterocycles. The Labute approximate surface area is 268 Å². The van der Waals surface area contributed by atoms with E-state index in [-0.39, 0.29) is 148 Å². The third-order valence-electron chi connectivity index (χ3n) is 2.04. The Balaban J connectivity index is -0.0000000546. The predicted octanol–water partition coefficient (Wildman–Crippen LogP) is -25.0. The van der Waals surface area contributed by atoms with Crippen molar-refractivity contribution >= 4 is 29.8 Å². The Kier molecular flexibility index (Phi) is 40.8. The van der Waals surface area contributed by atoms with Crippen molar-refractivity contribution in [3.8, 4) is 0 Å². The monoisotopic (exact) mass is 452 g/mol. The molecule has 13 nitrogen and oxygen atoms in total. The van der Waals surface area contributed by atoms with Gasteiger partial charge in [-0.05, 0) is 0 Å². The Morgan fingerprint density at radius 2 is 0.857 bits per heavy atom. The molecule has 0 spiro atoms. The first-order valence-electron chi connectivity index (χ1n) is 5.36. The zero-order chi connectivity index (χ0) is 19.0. The van der Waals surface area contributed by atoms with Gasteiger partial charge in [0.2, 0.25) is 0 Å². The van der Waals surface area contributed by atoms with Crippen LogP contribution in [0.2, 0.25) is 0 Å². The van der Waals surface area contributed by atoms with Crippen LogP contribution in [-0.4, -0.2) is 63.0 Å². The van der Waals surface area contributed by atoms with Gasteiger partial charge in [-0.15, -0.1) is 0 Å². The maximum Gasteiger partial charge on any atom is 1.00 e. The van der Waals surface area contributed by atoms with Crippen molar-refractivity contribution in [3.63, 3.8) is 0 Å². The SMILES string of the molecule is O=C([O-])C(O)C(O)C(=O)[O-].O=C([O-])CC(O)(CC(=O)[O-])C(=O)[O-].[Na+].[Na+].[Na+].[Na+].[Na+]. The first-order chi connectivity index (χ1) is 10.2. The molecule has 3 N–H and O–H groups in total. The van der Waals surface area contributed by atoms with Gasteiger partial charge in [-0.1, -0.05) is 0 Å². The Morgan fingerprint density at radius 1 is 0.643 bits per heavy atom. The summed E-state index contributed by atoms with van der Waals surface area (Å²) in [6, 6.07) is 0. The largest absolute Gasteiger partial charge is 1.00 e. The molecule has 2 unspecified atom stereocenters. The van der Waals surface area contributed by atoms with Crippen LogP contribution in [0.15, 0.2) is 0 Å². The first kappa shape index (κ1) is 47.9. The second-order valence-electron chi connectivity index (χ2n) is 3.94. The number of rotatable bonds is 8. The maximum atomic E-state index is 10.1. The molecule has 0 rings (SSSR count). The number of aliphatic hydroxyl groups is 3. The minimum absolute atomic E-state index is 0. The number of hydrogen-bond acceptors (Lipinski definition) is 13. The van der Waals surface area contributed by atoms with E-state index in [4.69, 9.17) is 15.3 Å². The minimum atomic E-state index is -2.97. The van der Waals surface area contributed by atoms with E-state index < -0.39 is 60.5 Å². The summed E-state index contributed by atoms with van der Waals surface area (Å²) < 4.78 is 0. The van der Waals surface area contributed by atoms with Crippen molar-refractivity contribution in [2.75, 3.05) is 0 Å². The van der Waals surface area contributed by atoms with Gasteiger partial charge in [-0.25, -0.2) is 0 Å². The number of carboxylic acids is 5. The van der Waals surface area contributed by atoms with E-state index in [2.05, 4.69) is 0 Å². The topological polar surface area (TPSA) is 261 Å². The number of aliphatic hydroxyl groups excluding tert-OH is 2. The van der Waals surface area contributed by atoms with E-state index in [9.17, 15) is 49.5 Å². The third kappa shape index (κ3) is 22.9. The molecular weight excluding hydrogens is 443 g/mol. The Hall–Kier alpha value is 2.23. The molecule has 0 aromatic rings. The van der Waals surface area contributed by atoms with Crippen LogP contribution in [0.5, 0.6) is 0 Å². The molecule has 28 heavy (non-hydrogen) atoms. The van der Waals surface area contributed by atoms with Gasteiger partial charge in [0, 0.05) is 24.8 Å². The van der Waals surface area contributed by atoms with Crippen LogP contribution in [-0.2, 0) is 24.0 Å². The molecular formula is C10H9Na5O13. The van der Waals surface area contributed by atoms with Crippen molar-refractivity contribution in [2.24, 2.45) is 0 Å². The summed E-state index contributed by atoms with van der Waals surface area (Å²) in [4.78, 5) is 49.3. The summed E-state index contributed by atoms with van der Waals surface area (Å²) in [5.74, 6) is -10.1. The van der Waals surface area contributed by atoms with Crippen LogP contribution in [0.3, 0.4) is 0 Å². The fourth-order valence-corrected chi connectivity index (χ4v) is 0.942. The number of hydrogen-bond donors (Lipinski definition) is 3. The van der Waals surface area contributed by atoms with Crippen LogP contribution in [0.4, 0.5) is 0 Å². The van der Waals surface area contributed by atoms with Gasteiger partial charge in [0.05, 0.1) is 17.9 Å². The molecule has 0 radical (unpaired) electrons. The van der Waals surface area contributed by atoms with E-state index in [0.717, 1.165) is 0 Å². The maximum absolute atomic E-state index is 10.1. The number of aliphatic carboxylic acids is 5. The summed E-state index contributed by atoms with van der Waals surface area (Å²) in [5, 5.41) is 74.7. The predicted molar refractivity (Wildman–Crippen MR) is 51.2 cm³/mol. The Bertz CT molecular complexity index is 466. The second-order valence-corrected chi connectivity index (χ2v) is 3.94. The van der Waals surface area contributed by atoms with Crippen LogP contribution in [0.25, 0.3) is 0 Å². The van der Waals surface area contributed by atoms with Crippen LogP contribution in [0.1, 0.15) is 12.8 Å². The van der Waals surface area contributed by atoms with E-state index in [1.165, 1.54) is 0 Å². The molecule has 2 atom stereocenters. The van der Waals surface area contributed by atoms with E-state index in [1.807, 2.05) is 0 Å². The van der Waals surface area contributed by atoms with Gasteiger partial charge in [0.15, 0.2) is 0 Å². The number of carbonyl (C=O) groups is 5. The number of carboxylic acid groups (broad SMARTS) is 5. The molecule has 0 amide bonds. The zero-order valence-corrected chi connectivity index (χ0v) is 26.0. The molecule has 0 fully saturated rings. The molecule has 0 aliphatic heterocycles. The van der Waals surface area contributed by atoms with Gasteiger partial charge in [-0.2, -0.15) is 0 Å². The van der Waals surface area contributed by atoms with E-state index in [0.29, 0.717) is 0 Å². The fraction of sp³-hybridized carbons (Fsp3) is 0.500. The molecule has 0 bridgehead atoms. The van der Waals surface area contributed by atoms with Gasteiger partial charge < -0.3 is 64.8 Å². The fourth-order valence-electron chi connectivity index (χ4n) is 0.942. The molecule has 0 saturated carbocycles. The molecule has 0 aromatic heterocycles. The standard InChI is InChI=1S/C6H8O7.C4H6O6.5Na/c7-3(8)1-6(13,5(11)12)2-4(9)10;5-1(3(7)8)2(6)4(9)10;;;;;/h13H,1-2H2,(H,7,8)(H,9,10)(H,11,12);1-2,5-6H,(H,7,8)(H,9,10);;;;;/q;;5*+1/p-5. The van der Waals surface area contributed by atoms with Crippen molar-refractivity contribution in [2.45, 2.75) is 30.7 Å². The van der Waals surface area contributed by atoms with Gasteiger partial charge in [0.25, 0.3) is 0 Å². The van der Waals surface area contributed by atoms with E-state index >= 15 is 0 Å². The van der Waals surface area contributed by atoms with Gasteiger partial charge in [0.1, 0.15) is 17.8 Å². The van der Waals surface area contributed by atoms with Crippen LogP contribution in [0, 0.1) is 0 Å². The minimum Gasteiger partial charge on any atom is -0.550 e. The van der Waals surface area contributed by atoms with Crippen molar-refractivity contribution in [1.29, 1.82) is 0 Å². The van der Waals surface area contributed by atoms with Crippen molar-refractivity contribution < 1.29 is 213 Å². The molecule has 18 heteroatoms. The molecule has 0 aliphatic carbocycles. The number of carbonyl (C=O) groups excluding carboxylic acids is 5. The molecule has 0 aliphatic rings. The van der Waals surface area contributed by atoms with Gasteiger partial charge >= 0.3 is 148 Å².